The molecule has 2 rings (SSSR count). The van der Waals surface area contributed by atoms with E-state index in [1.54, 1.807) is 24.3 Å². The lowest BCUT2D eigenvalue weighted by molar-refractivity contribution is -0.119. The van der Waals surface area contributed by atoms with Crippen LogP contribution in [0.3, 0.4) is 0 Å². The number of thiophene rings is 1. The summed E-state index contributed by atoms with van der Waals surface area (Å²) in [4.78, 5) is 16.1. The zero-order valence-electron chi connectivity index (χ0n) is 15.4. The number of hydrogen-bond acceptors (Lipinski definition) is 5. The van der Waals surface area contributed by atoms with Crippen molar-refractivity contribution >= 4 is 58.8 Å². The third-order valence-electron chi connectivity index (χ3n) is 3.43. The number of rotatable bonds is 9. The summed E-state index contributed by atoms with van der Waals surface area (Å²) in [6.07, 6.45) is -0.670. The first-order chi connectivity index (χ1) is 13.0. The highest BCUT2D eigenvalue weighted by atomic mass is 127. The van der Waals surface area contributed by atoms with Gasteiger partial charge in [-0.25, -0.2) is 4.99 Å². The first-order valence-electron chi connectivity index (χ1n) is 8.43. The number of carbonyl (C=O) groups excluding carboxylic acids is 1. The topological polar surface area (TPSA) is 109 Å². The van der Waals surface area contributed by atoms with Gasteiger partial charge in [-0.2, -0.15) is 0 Å². The molecular formula is C18H24ClIN4O3S. The minimum absolute atomic E-state index is 0. The van der Waals surface area contributed by atoms with Crippen LogP contribution in [0.15, 0.2) is 41.4 Å². The standard InChI is InChI=1S/C18H23ClN4O3S.HI/c1-2-21-18(23-10-14(24)15-6-7-16(19)27-15)22-9-12-4-3-5-13(8-12)26-11-17(20)25;/h3-8,14,24H,2,9-11H2,1H3,(H2,20,25)(H2,21,22,23);1H. The summed E-state index contributed by atoms with van der Waals surface area (Å²) in [5.41, 5.74) is 6.00. The quantitative estimate of drug-likeness (QED) is 0.223. The molecule has 0 fully saturated rings. The number of hydrogen-bond donors (Lipinski definition) is 4. The first-order valence-corrected chi connectivity index (χ1v) is 9.63. The van der Waals surface area contributed by atoms with E-state index >= 15 is 0 Å². The summed E-state index contributed by atoms with van der Waals surface area (Å²) in [6, 6.07) is 10.9. The summed E-state index contributed by atoms with van der Waals surface area (Å²) in [5.74, 6) is 0.620. The molecule has 1 unspecified atom stereocenters. The van der Waals surface area contributed by atoms with Crippen molar-refractivity contribution in [2.24, 2.45) is 10.7 Å². The van der Waals surface area contributed by atoms with Crippen LogP contribution >= 0.6 is 46.9 Å². The van der Waals surface area contributed by atoms with E-state index in [1.165, 1.54) is 11.3 Å². The maximum Gasteiger partial charge on any atom is 0.255 e. The summed E-state index contributed by atoms with van der Waals surface area (Å²) in [5, 5.41) is 16.5. The van der Waals surface area contributed by atoms with E-state index in [0.717, 1.165) is 10.4 Å². The molecule has 0 saturated carbocycles. The smallest absolute Gasteiger partial charge is 0.255 e. The Balaban J connectivity index is 0.00000392. The fourth-order valence-corrected chi connectivity index (χ4v) is 3.25. The number of ether oxygens (including phenoxy) is 1. The molecule has 0 aliphatic carbocycles. The van der Waals surface area contributed by atoms with E-state index in [1.807, 2.05) is 19.1 Å². The van der Waals surface area contributed by atoms with Crippen LogP contribution in [0.25, 0.3) is 0 Å². The highest BCUT2D eigenvalue weighted by Gasteiger charge is 2.11. The van der Waals surface area contributed by atoms with Gasteiger partial charge in [0.1, 0.15) is 11.9 Å². The number of primary amides is 1. The second kappa shape index (κ2) is 12.8. The van der Waals surface area contributed by atoms with Crippen molar-refractivity contribution in [3.8, 4) is 5.75 Å². The van der Waals surface area contributed by atoms with Gasteiger partial charge < -0.3 is 26.2 Å². The maximum absolute atomic E-state index is 10.8. The number of guanidine groups is 1. The number of nitrogens with zero attached hydrogens (tertiary/aromatic N) is 1. The molecule has 28 heavy (non-hydrogen) atoms. The summed E-state index contributed by atoms with van der Waals surface area (Å²) in [6.45, 7) is 3.20. The molecule has 7 nitrogen and oxygen atoms in total. The number of benzene rings is 1. The lowest BCUT2D eigenvalue weighted by Crippen LogP contribution is -2.39. The predicted octanol–water partition coefficient (Wildman–Crippen LogP) is 2.67. The molecule has 1 aromatic carbocycles. The van der Waals surface area contributed by atoms with Crippen LogP contribution in [-0.4, -0.2) is 36.7 Å². The fraction of sp³-hybridized carbons (Fsp3) is 0.333. The first kappa shape index (κ1) is 24.5. The Morgan fingerprint density at radius 3 is 2.79 bits per heavy atom. The van der Waals surface area contributed by atoms with E-state index in [2.05, 4.69) is 15.6 Å². The largest absolute Gasteiger partial charge is 0.484 e. The molecule has 0 bridgehead atoms. The molecule has 10 heteroatoms. The van der Waals surface area contributed by atoms with Crippen molar-refractivity contribution in [1.82, 2.24) is 10.6 Å². The van der Waals surface area contributed by atoms with Crippen LogP contribution in [0.5, 0.6) is 5.75 Å². The van der Waals surface area contributed by atoms with Gasteiger partial charge in [0.2, 0.25) is 0 Å². The van der Waals surface area contributed by atoms with Crippen molar-refractivity contribution < 1.29 is 14.6 Å². The van der Waals surface area contributed by atoms with Crippen LogP contribution in [-0.2, 0) is 11.3 Å². The molecule has 0 spiro atoms. The number of amides is 1. The number of halogens is 2. The lowest BCUT2D eigenvalue weighted by Gasteiger charge is -2.14. The van der Waals surface area contributed by atoms with Crippen molar-refractivity contribution in [3.63, 3.8) is 0 Å². The number of aliphatic hydroxyl groups is 1. The van der Waals surface area contributed by atoms with Crippen LogP contribution in [0.1, 0.15) is 23.5 Å². The SMILES string of the molecule is CCNC(=NCc1cccc(OCC(N)=O)c1)NCC(O)c1ccc(Cl)s1.I. The van der Waals surface area contributed by atoms with Crippen molar-refractivity contribution in [2.75, 3.05) is 19.7 Å². The van der Waals surface area contributed by atoms with Crippen LogP contribution in [0.4, 0.5) is 0 Å². The highest BCUT2D eigenvalue weighted by molar-refractivity contribution is 14.0. The van der Waals surface area contributed by atoms with Gasteiger partial charge >= 0.3 is 0 Å². The Kier molecular flexibility index (Phi) is 11.2. The number of nitrogens with one attached hydrogen (secondary N) is 2. The molecule has 1 heterocycles. The molecule has 0 saturated heterocycles. The van der Waals surface area contributed by atoms with Gasteiger partial charge in [-0.3, -0.25) is 4.79 Å². The van der Waals surface area contributed by atoms with Gasteiger partial charge in [-0.05, 0) is 36.8 Å². The zero-order valence-corrected chi connectivity index (χ0v) is 19.3. The normalized spacial score (nSPS) is 12.0. The Hall–Kier alpha value is -1.56. The molecule has 1 aromatic heterocycles. The number of nitrogens with two attached hydrogens (primary N) is 1. The second-order valence-corrected chi connectivity index (χ2v) is 7.38. The fourth-order valence-electron chi connectivity index (χ4n) is 2.20. The molecule has 0 aliphatic heterocycles. The molecule has 2 aromatic rings. The van der Waals surface area contributed by atoms with Gasteiger partial charge in [-0.15, -0.1) is 35.3 Å². The van der Waals surface area contributed by atoms with Gasteiger partial charge in [0.25, 0.3) is 5.91 Å². The van der Waals surface area contributed by atoms with Crippen molar-refractivity contribution in [1.29, 1.82) is 0 Å². The van der Waals surface area contributed by atoms with Gasteiger partial charge in [-0.1, -0.05) is 23.7 Å². The Morgan fingerprint density at radius 2 is 2.14 bits per heavy atom. The lowest BCUT2D eigenvalue weighted by atomic mass is 10.2. The van der Waals surface area contributed by atoms with Crippen molar-refractivity contribution in [2.45, 2.75) is 19.6 Å². The summed E-state index contributed by atoms with van der Waals surface area (Å²) >= 11 is 7.25. The van der Waals surface area contributed by atoms with Gasteiger partial charge in [0, 0.05) is 18.0 Å². The van der Waals surface area contributed by atoms with E-state index < -0.39 is 12.0 Å². The average Bonchev–Trinajstić information content (AvgIpc) is 3.09. The molecular weight excluding hydrogens is 515 g/mol. The molecule has 0 aliphatic rings. The minimum Gasteiger partial charge on any atom is -0.484 e. The number of aliphatic imine (C=N–C) groups is 1. The van der Waals surface area contributed by atoms with E-state index in [4.69, 9.17) is 22.1 Å². The third kappa shape index (κ3) is 8.63. The Morgan fingerprint density at radius 1 is 1.36 bits per heavy atom. The average molecular weight is 539 g/mol. The van der Waals surface area contributed by atoms with E-state index in [-0.39, 0.29) is 30.6 Å². The van der Waals surface area contributed by atoms with Gasteiger partial charge in [0.15, 0.2) is 12.6 Å². The zero-order chi connectivity index (χ0) is 19.6. The van der Waals surface area contributed by atoms with E-state index in [0.29, 0.717) is 35.7 Å². The molecule has 1 atom stereocenters. The number of aliphatic hydroxyl groups excluding tert-OH is 1. The molecule has 154 valence electrons. The maximum atomic E-state index is 10.8. The predicted molar refractivity (Wildman–Crippen MR) is 124 cm³/mol. The molecule has 1 amide bonds. The van der Waals surface area contributed by atoms with Gasteiger partial charge in [0.05, 0.1) is 10.9 Å². The van der Waals surface area contributed by atoms with Crippen LogP contribution in [0, 0.1) is 0 Å². The Labute approximate surface area is 190 Å². The highest BCUT2D eigenvalue weighted by Crippen LogP contribution is 2.26. The van der Waals surface area contributed by atoms with Crippen molar-refractivity contribution in [3.05, 3.63) is 51.2 Å². The third-order valence-corrected chi connectivity index (χ3v) is 4.76. The number of carbonyl (C=O) groups is 1. The molecule has 0 radical (unpaired) electrons. The van der Waals surface area contributed by atoms with Crippen LogP contribution in [0.2, 0.25) is 4.34 Å². The minimum atomic E-state index is -0.670. The monoisotopic (exact) mass is 538 g/mol. The Bertz CT molecular complexity index is 788. The summed E-state index contributed by atoms with van der Waals surface area (Å²) < 4.78 is 5.94. The molecule has 5 N–H and O–H groups in total. The second-order valence-electron chi connectivity index (χ2n) is 5.64. The van der Waals surface area contributed by atoms with E-state index in [9.17, 15) is 9.90 Å². The van der Waals surface area contributed by atoms with Crippen LogP contribution < -0.4 is 21.1 Å². The summed E-state index contributed by atoms with van der Waals surface area (Å²) in [7, 11) is 0.